The smallest absolute Gasteiger partial charge is 0.280 e. The Bertz CT molecular complexity index is 944. The van der Waals surface area contributed by atoms with Crippen molar-refractivity contribution in [2.45, 2.75) is 25.0 Å². The number of hydrogen-bond acceptors (Lipinski definition) is 6. The number of fused-ring (bicyclic) bond motifs is 1. The highest BCUT2D eigenvalue weighted by Crippen LogP contribution is 2.36. The zero-order valence-corrected chi connectivity index (χ0v) is 15.4. The fourth-order valence-corrected chi connectivity index (χ4v) is 4.44. The Morgan fingerprint density at radius 3 is 2.89 bits per heavy atom. The first-order chi connectivity index (χ1) is 12.9. The van der Waals surface area contributed by atoms with Crippen LogP contribution in [0.4, 0.5) is 0 Å². The summed E-state index contributed by atoms with van der Waals surface area (Å²) in [7, 11) is -2.43. The highest BCUT2D eigenvalue weighted by molar-refractivity contribution is 7.87. The van der Waals surface area contributed by atoms with Gasteiger partial charge in [-0.05, 0) is 36.2 Å². The van der Waals surface area contributed by atoms with E-state index in [0.29, 0.717) is 22.8 Å². The summed E-state index contributed by atoms with van der Waals surface area (Å²) in [6, 6.07) is 7.29. The summed E-state index contributed by atoms with van der Waals surface area (Å²) in [5, 5.41) is 2.73. The summed E-state index contributed by atoms with van der Waals surface area (Å²) in [5.41, 5.74) is 0.708. The molecule has 1 aromatic carbocycles. The summed E-state index contributed by atoms with van der Waals surface area (Å²) in [6.07, 6.45) is 1.79. The molecule has 0 aliphatic carbocycles. The van der Waals surface area contributed by atoms with Gasteiger partial charge >= 0.3 is 0 Å². The van der Waals surface area contributed by atoms with Gasteiger partial charge in [-0.25, -0.2) is 0 Å². The predicted molar refractivity (Wildman–Crippen MR) is 94.1 cm³/mol. The Kier molecular flexibility index (Phi) is 4.54. The van der Waals surface area contributed by atoms with Crippen LogP contribution < -0.4 is 19.5 Å². The zero-order valence-electron chi connectivity index (χ0n) is 14.5. The quantitative estimate of drug-likeness (QED) is 0.799. The molecule has 0 bridgehead atoms. The SMILES string of the molecule is CN1C(C(=O)NCc2ccco2)CC(c2ccc3c(c2)OCO3)NS1(=O)=O. The van der Waals surface area contributed by atoms with Gasteiger partial charge in [0, 0.05) is 7.05 Å². The number of nitrogens with zero attached hydrogens (tertiary/aromatic N) is 1. The maximum atomic E-state index is 12.6. The van der Waals surface area contributed by atoms with Gasteiger partial charge in [0.1, 0.15) is 11.8 Å². The molecule has 4 rings (SSSR count). The van der Waals surface area contributed by atoms with E-state index < -0.39 is 22.3 Å². The maximum Gasteiger partial charge on any atom is 0.280 e. The predicted octanol–water partition coefficient (Wildman–Crippen LogP) is 0.904. The number of furan rings is 1. The van der Waals surface area contributed by atoms with E-state index in [4.69, 9.17) is 13.9 Å². The van der Waals surface area contributed by atoms with Crippen molar-refractivity contribution in [3.63, 3.8) is 0 Å². The normalized spacial score (nSPS) is 23.9. The molecule has 10 heteroatoms. The third-order valence-electron chi connectivity index (χ3n) is 4.69. The van der Waals surface area contributed by atoms with Gasteiger partial charge in [0.25, 0.3) is 10.2 Å². The van der Waals surface area contributed by atoms with E-state index in [1.807, 2.05) is 0 Å². The van der Waals surface area contributed by atoms with Crippen LogP contribution in [0.1, 0.15) is 23.8 Å². The van der Waals surface area contributed by atoms with E-state index in [0.717, 1.165) is 4.31 Å². The Morgan fingerprint density at radius 1 is 1.30 bits per heavy atom. The van der Waals surface area contributed by atoms with E-state index in [1.165, 1.54) is 13.3 Å². The topological polar surface area (TPSA) is 110 Å². The van der Waals surface area contributed by atoms with Crippen LogP contribution in [-0.2, 0) is 21.5 Å². The summed E-state index contributed by atoms with van der Waals surface area (Å²) in [5.74, 6) is 1.38. The molecule has 1 fully saturated rings. The van der Waals surface area contributed by atoms with Crippen LogP contribution in [0.15, 0.2) is 41.0 Å². The number of likely N-dealkylation sites (N-methyl/N-ethyl adjacent to an activating group) is 1. The highest BCUT2D eigenvalue weighted by Gasteiger charge is 2.40. The Morgan fingerprint density at radius 2 is 2.11 bits per heavy atom. The molecule has 144 valence electrons. The molecule has 1 aromatic heterocycles. The van der Waals surface area contributed by atoms with Gasteiger partial charge in [-0.15, -0.1) is 0 Å². The minimum Gasteiger partial charge on any atom is -0.467 e. The second-order valence-corrected chi connectivity index (χ2v) is 8.11. The molecular weight excluding hydrogens is 374 g/mol. The highest BCUT2D eigenvalue weighted by atomic mass is 32.2. The summed E-state index contributed by atoms with van der Waals surface area (Å²) in [6.45, 7) is 0.327. The van der Waals surface area contributed by atoms with Gasteiger partial charge < -0.3 is 19.2 Å². The van der Waals surface area contributed by atoms with Gasteiger partial charge in [-0.1, -0.05) is 6.07 Å². The van der Waals surface area contributed by atoms with Crippen molar-refractivity contribution in [1.29, 1.82) is 0 Å². The summed E-state index contributed by atoms with van der Waals surface area (Å²) >= 11 is 0. The van der Waals surface area contributed by atoms with Crippen molar-refractivity contribution in [2.75, 3.05) is 13.8 Å². The molecule has 2 aliphatic heterocycles. The average molecular weight is 393 g/mol. The van der Waals surface area contributed by atoms with Crippen molar-refractivity contribution >= 4 is 16.1 Å². The molecule has 0 radical (unpaired) electrons. The number of hydrogen-bond donors (Lipinski definition) is 2. The third-order valence-corrected chi connectivity index (χ3v) is 6.28. The van der Waals surface area contributed by atoms with Crippen LogP contribution in [0, 0.1) is 0 Å². The fourth-order valence-electron chi connectivity index (χ4n) is 3.16. The zero-order chi connectivity index (χ0) is 19.0. The first-order valence-electron chi connectivity index (χ1n) is 8.39. The van der Waals surface area contributed by atoms with Gasteiger partial charge in [-0.3, -0.25) is 4.79 Å². The standard InChI is InChI=1S/C17H19N3O6S/c1-20-14(17(21)18-9-12-3-2-6-24-12)8-13(19-27(20,22)23)11-4-5-15-16(7-11)26-10-25-15/h2-7,13-14,19H,8-10H2,1H3,(H,18,21). The first-order valence-corrected chi connectivity index (χ1v) is 9.83. The molecule has 3 heterocycles. The van der Waals surface area contributed by atoms with E-state index in [1.54, 1.807) is 30.3 Å². The van der Waals surface area contributed by atoms with Gasteiger partial charge in [-0.2, -0.15) is 17.4 Å². The molecule has 0 spiro atoms. The van der Waals surface area contributed by atoms with Crippen molar-refractivity contribution in [3.05, 3.63) is 47.9 Å². The van der Waals surface area contributed by atoms with Crippen molar-refractivity contribution in [3.8, 4) is 11.5 Å². The maximum absolute atomic E-state index is 12.6. The van der Waals surface area contributed by atoms with E-state index in [-0.39, 0.29) is 25.7 Å². The van der Waals surface area contributed by atoms with E-state index in [2.05, 4.69) is 10.0 Å². The second-order valence-electron chi connectivity index (χ2n) is 6.35. The van der Waals surface area contributed by atoms with Crippen LogP contribution in [0.5, 0.6) is 11.5 Å². The molecule has 27 heavy (non-hydrogen) atoms. The molecule has 2 aliphatic rings. The number of benzene rings is 1. The second kappa shape index (κ2) is 6.87. The Hall–Kier alpha value is -2.56. The van der Waals surface area contributed by atoms with Crippen LogP contribution >= 0.6 is 0 Å². The molecule has 2 N–H and O–H groups in total. The number of carbonyl (C=O) groups excluding carboxylic acids is 1. The van der Waals surface area contributed by atoms with Crippen molar-refractivity contribution in [2.24, 2.45) is 0 Å². The monoisotopic (exact) mass is 393 g/mol. The molecule has 2 atom stereocenters. The number of amides is 1. The van der Waals surface area contributed by atoms with Crippen molar-refractivity contribution < 1.29 is 27.1 Å². The lowest BCUT2D eigenvalue weighted by molar-refractivity contribution is -0.125. The molecular formula is C17H19N3O6S. The van der Waals surface area contributed by atoms with Crippen LogP contribution in [0.2, 0.25) is 0 Å². The molecule has 0 saturated carbocycles. The molecule has 2 unspecified atom stereocenters. The average Bonchev–Trinajstić information content (AvgIpc) is 3.32. The lowest BCUT2D eigenvalue weighted by Gasteiger charge is -2.36. The lowest BCUT2D eigenvalue weighted by atomic mass is 9.99. The van der Waals surface area contributed by atoms with Crippen LogP contribution in [0.3, 0.4) is 0 Å². The molecule has 1 saturated heterocycles. The van der Waals surface area contributed by atoms with Crippen LogP contribution in [-0.4, -0.2) is 38.5 Å². The molecule has 9 nitrogen and oxygen atoms in total. The lowest BCUT2D eigenvalue weighted by Crippen LogP contribution is -2.57. The van der Waals surface area contributed by atoms with E-state index in [9.17, 15) is 13.2 Å². The van der Waals surface area contributed by atoms with Gasteiger partial charge in [0.05, 0.1) is 18.8 Å². The number of nitrogens with one attached hydrogen (secondary N) is 2. The van der Waals surface area contributed by atoms with Gasteiger partial charge in [0.15, 0.2) is 11.5 Å². The summed E-state index contributed by atoms with van der Waals surface area (Å²) in [4.78, 5) is 12.6. The van der Waals surface area contributed by atoms with Crippen LogP contribution in [0.25, 0.3) is 0 Å². The number of carbonyl (C=O) groups is 1. The van der Waals surface area contributed by atoms with E-state index >= 15 is 0 Å². The third kappa shape index (κ3) is 3.51. The minimum atomic E-state index is -3.81. The summed E-state index contributed by atoms with van der Waals surface area (Å²) < 4.78 is 44.5. The van der Waals surface area contributed by atoms with Crippen molar-refractivity contribution in [1.82, 2.24) is 14.3 Å². The Labute approximate surface area is 156 Å². The molecule has 2 aromatic rings. The number of rotatable bonds is 4. The van der Waals surface area contributed by atoms with Gasteiger partial charge in [0.2, 0.25) is 12.7 Å². The minimum absolute atomic E-state index is 0.135. The number of ether oxygens (including phenoxy) is 2. The Balaban J connectivity index is 1.53. The fraction of sp³-hybridized carbons (Fsp3) is 0.353. The first kappa shape index (κ1) is 17.8. The largest absolute Gasteiger partial charge is 0.467 e. The molecule has 1 amide bonds.